The van der Waals surface area contributed by atoms with Gasteiger partial charge in [0.2, 0.25) is 0 Å². The van der Waals surface area contributed by atoms with E-state index >= 15 is 0 Å². The van der Waals surface area contributed by atoms with E-state index < -0.39 is 85.5 Å². The smallest absolute Gasteiger partial charge is 0.463 e. The average Bonchev–Trinajstić information content (AvgIpc) is 3.31. The molecule has 0 fully saturated rings. The van der Waals surface area contributed by atoms with Crippen molar-refractivity contribution in [3.05, 3.63) is 24.3 Å². The number of phosphoric ester groups is 2. The molecule has 0 aromatic heterocycles. The van der Waals surface area contributed by atoms with Crippen LogP contribution in [0.3, 0.4) is 0 Å². The molecule has 0 aromatic rings. The Balaban J connectivity index is 3.83. The molecule has 0 saturated heterocycles. The highest BCUT2D eigenvalue weighted by Crippen LogP contribution is 2.45. The number of allylic oxidation sites excluding steroid dienone is 4. The Labute approximate surface area is 412 Å². The zero-order chi connectivity index (χ0) is 50.2. The first kappa shape index (κ1) is 66.5. The Hall–Kier alpha value is -1.48. The van der Waals surface area contributed by atoms with Crippen LogP contribution in [-0.2, 0) is 46.3 Å². The molecule has 0 amide bonds. The van der Waals surface area contributed by atoms with Crippen LogP contribution >= 0.6 is 15.6 Å². The number of rotatable bonds is 52. The first-order valence-corrected chi connectivity index (χ1v) is 29.7. The SMILES string of the molecule is CCCCC/C=C\C/C=C\CCCCCCCCCCCC(=O)OCC(O)COP(=O)(O)OCC(O)COP(=O)(O)OCC(O)COC(=O)CCCCCCCCCCCCCCCCCCC. The van der Waals surface area contributed by atoms with E-state index in [9.17, 15) is 43.8 Å². The summed E-state index contributed by atoms with van der Waals surface area (Å²) < 4.78 is 53.1. The monoisotopic (exact) mass is 1010 g/mol. The van der Waals surface area contributed by atoms with Crippen molar-refractivity contribution in [1.29, 1.82) is 0 Å². The number of ether oxygens (including phenoxy) is 2. The molecule has 15 nitrogen and oxygen atoms in total. The summed E-state index contributed by atoms with van der Waals surface area (Å²) in [4.78, 5) is 43.9. The minimum Gasteiger partial charge on any atom is -0.463 e. The Morgan fingerprint density at radius 2 is 0.632 bits per heavy atom. The predicted molar refractivity (Wildman–Crippen MR) is 270 cm³/mol. The highest BCUT2D eigenvalue weighted by atomic mass is 31.2. The fraction of sp³-hybridized carbons (Fsp3) is 0.882. The van der Waals surface area contributed by atoms with Crippen LogP contribution in [0, 0.1) is 0 Å². The van der Waals surface area contributed by atoms with Crippen molar-refractivity contribution in [2.75, 3.05) is 39.6 Å². The molecule has 0 bridgehead atoms. The standard InChI is InChI=1S/C51H98O15P2/c1-3-5-7-9-11-13-15-17-19-21-22-24-26-28-30-32-34-36-38-40-51(56)62-42-48(53)44-64-68(59,60)66-46-49(54)45-65-67(57,58)63-43-47(52)41-61-50(55)39-37-35-33-31-29-27-25-23-20-18-16-14-12-10-8-6-4-2/h11,13,17,19,47-49,52-54H,3-10,12,14-16,18,20-46H2,1-2H3,(H,57,58)(H,59,60)/b13-11-,19-17-. The van der Waals surface area contributed by atoms with E-state index in [4.69, 9.17) is 18.5 Å². The molecule has 0 aromatic carbocycles. The van der Waals surface area contributed by atoms with Gasteiger partial charge in [-0.1, -0.05) is 199 Å². The molecule has 0 aliphatic rings. The molecule has 0 saturated carbocycles. The number of carbonyl (C=O) groups excluding carboxylic acids is 2. The third-order valence-electron chi connectivity index (χ3n) is 11.4. The van der Waals surface area contributed by atoms with Gasteiger partial charge in [0.25, 0.3) is 0 Å². The van der Waals surface area contributed by atoms with E-state index in [1.807, 2.05) is 0 Å². The van der Waals surface area contributed by atoms with Crippen molar-refractivity contribution < 1.29 is 71.4 Å². The quantitative estimate of drug-likeness (QED) is 0.0165. The minimum atomic E-state index is -4.79. The fourth-order valence-corrected chi connectivity index (χ4v) is 8.84. The summed E-state index contributed by atoms with van der Waals surface area (Å²) in [5.41, 5.74) is 0. The van der Waals surface area contributed by atoms with Crippen LogP contribution in [0.25, 0.3) is 0 Å². The van der Waals surface area contributed by atoms with Crippen molar-refractivity contribution in [3.8, 4) is 0 Å². The van der Waals surface area contributed by atoms with Gasteiger partial charge in [-0.05, 0) is 44.9 Å². The number of unbranched alkanes of at least 4 members (excludes halogenated alkanes) is 28. The zero-order valence-corrected chi connectivity index (χ0v) is 44.3. The molecular weight excluding hydrogens is 914 g/mol. The van der Waals surface area contributed by atoms with Gasteiger partial charge in [0, 0.05) is 12.8 Å². The Morgan fingerprint density at radius 3 is 0.956 bits per heavy atom. The molecule has 5 unspecified atom stereocenters. The second kappa shape index (κ2) is 47.8. The first-order chi connectivity index (χ1) is 32.8. The summed E-state index contributed by atoms with van der Waals surface area (Å²) in [7, 11) is -9.57. The van der Waals surface area contributed by atoms with Crippen molar-refractivity contribution in [3.63, 3.8) is 0 Å². The molecule has 0 rings (SSSR count). The van der Waals surface area contributed by atoms with Gasteiger partial charge in [0.1, 0.15) is 31.5 Å². The summed E-state index contributed by atoms with van der Waals surface area (Å²) >= 11 is 0. The van der Waals surface area contributed by atoms with E-state index in [1.54, 1.807) is 0 Å². The maximum Gasteiger partial charge on any atom is 0.472 e. The van der Waals surface area contributed by atoms with Crippen LogP contribution < -0.4 is 0 Å². The van der Waals surface area contributed by atoms with E-state index in [-0.39, 0.29) is 12.8 Å². The van der Waals surface area contributed by atoms with Gasteiger partial charge in [0.05, 0.1) is 26.4 Å². The van der Waals surface area contributed by atoms with Gasteiger partial charge < -0.3 is 34.6 Å². The minimum absolute atomic E-state index is 0.193. The molecule has 0 radical (unpaired) electrons. The number of hydrogen-bond donors (Lipinski definition) is 5. The molecule has 17 heteroatoms. The number of aliphatic hydroxyl groups excluding tert-OH is 3. The molecular formula is C51H98O15P2. The normalized spacial score (nSPS) is 15.1. The zero-order valence-electron chi connectivity index (χ0n) is 42.5. The lowest BCUT2D eigenvalue weighted by molar-refractivity contribution is -0.148. The lowest BCUT2D eigenvalue weighted by atomic mass is 10.0. The number of hydrogen-bond acceptors (Lipinski definition) is 13. The number of aliphatic hydroxyl groups is 3. The van der Waals surface area contributed by atoms with Crippen LogP contribution in [-0.4, -0.2) is 95.0 Å². The molecule has 68 heavy (non-hydrogen) atoms. The largest absolute Gasteiger partial charge is 0.472 e. The van der Waals surface area contributed by atoms with E-state index in [0.29, 0.717) is 12.8 Å². The number of phosphoric acid groups is 2. The van der Waals surface area contributed by atoms with E-state index in [2.05, 4.69) is 47.2 Å². The molecule has 0 heterocycles. The molecule has 5 atom stereocenters. The second-order valence-corrected chi connectivity index (χ2v) is 21.2. The van der Waals surface area contributed by atoms with Crippen molar-refractivity contribution in [2.24, 2.45) is 0 Å². The summed E-state index contributed by atoms with van der Waals surface area (Å²) in [6.45, 7) is 0.443. The van der Waals surface area contributed by atoms with Crippen molar-refractivity contribution >= 4 is 27.6 Å². The summed E-state index contributed by atoms with van der Waals surface area (Å²) in [5, 5.41) is 30.1. The first-order valence-electron chi connectivity index (χ1n) is 26.7. The third-order valence-corrected chi connectivity index (χ3v) is 13.3. The molecule has 0 aliphatic heterocycles. The third kappa shape index (κ3) is 49.5. The van der Waals surface area contributed by atoms with Gasteiger partial charge in [-0.3, -0.25) is 27.7 Å². The lowest BCUT2D eigenvalue weighted by Gasteiger charge is -2.19. The highest BCUT2D eigenvalue weighted by Gasteiger charge is 2.28. The van der Waals surface area contributed by atoms with Crippen molar-refractivity contribution in [2.45, 2.75) is 250 Å². The highest BCUT2D eigenvalue weighted by molar-refractivity contribution is 7.47. The molecule has 0 spiro atoms. The summed E-state index contributed by atoms with van der Waals surface area (Å²) in [5.74, 6) is -0.990. The van der Waals surface area contributed by atoms with Gasteiger partial charge in [0.15, 0.2) is 0 Å². The van der Waals surface area contributed by atoms with Crippen molar-refractivity contribution in [1.82, 2.24) is 0 Å². The topological polar surface area (TPSA) is 225 Å². The van der Waals surface area contributed by atoms with Gasteiger partial charge in [-0.2, -0.15) is 0 Å². The van der Waals surface area contributed by atoms with Gasteiger partial charge in [-0.25, -0.2) is 9.13 Å². The van der Waals surface area contributed by atoms with Crippen LogP contribution in [0.15, 0.2) is 24.3 Å². The summed E-state index contributed by atoms with van der Waals surface area (Å²) in [6.07, 6.45) is 43.0. The number of carbonyl (C=O) groups is 2. The summed E-state index contributed by atoms with van der Waals surface area (Å²) in [6, 6.07) is 0. The second-order valence-electron chi connectivity index (χ2n) is 18.2. The fourth-order valence-electron chi connectivity index (χ4n) is 7.24. The Kier molecular flexibility index (Phi) is 46.8. The average molecular weight is 1010 g/mol. The van der Waals surface area contributed by atoms with Gasteiger partial charge >= 0.3 is 27.6 Å². The van der Waals surface area contributed by atoms with Crippen LogP contribution in [0.2, 0.25) is 0 Å². The molecule has 402 valence electrons. The Morgan fingerprint density at radius 1 is 0.382 bits per heavy atom. The van der Waals surface area contributed by atoms with Crippen LogP contribution in [0.4, 0.5) is 0 Å². The van der Waals surface area contributed by atoms with E-state index in [0.717, 1.165) is 51.4 Å². The van der Waals surface area contributed by atoms with E-state index in [1.165, 1.54) is 141 Å². The predicted octanol–water partition coefficient (Wildman–Crippen LogP) is 12.8. The number of esters is 2. The van der Waals surface area contributed by atoms with Crippen LogP contribution in [0.5, 0.6) is 0 Å². The molecule has 5 N–H and O–H groups in total. The maximum absolute atomic E-state index is 12.2. The maximum atomic E-state index is 12.2. The van der Waals surface area contributed by atoms with Crippen LogP contribution in [0.1, 0.15) is 232 Å². The van der Waals surface area contributed by atoms with Gasteiger partial charge in [-0.15, -0.1) is 0 Å². The Bertz CT molecular complexity index is 1320. The molecule has 0 aliphatic carbocycles. The lowest BCUT2D eigenvalue weighted by Crippen LogP contribution is -2.25.